The van der Waals surface area contributed by atoms with Gasteiger partial charge in [0.15, 0.2) is 11.5 Å². The van der Waals surface area contributed by atoms with Gasteiger partial charge in [0.2, 0.25) is 0 Å². The third-order valence-corrected chi connectivity index (χ3v) is 7.23. The SMILES string of the molecule is Cc1cc(Nc2ncnc3ccc(N4CCN(C(=O)OC(C)(C)C)CC4C)c(F)c23)ccc1Oc1ccn2ncnc2c1. The maximum absolute atomic E-state index is 16.2. The lowest BCUT2D eigenvalue weighted by Gasteiger charge is -2.41. The van der Waals surface area contributed by atoms with Gasteiger partial charge in [-0.1, -0.05) is 0 Å². The van der Waals surface area contributed by atoms with Crippen LogP contribution in [0.4, 0.5) is 26.4 Å². The van der Waals surface area contributed by atoms with Crippen LogP contribution in [0.3, 0.4) is 0 Å². The van der Waals surface area contributed by atoms with Gasteiger partial charge in [-0.25, -0.2) is 28.7 Å². The Labute approximate surface area is 248 Å². The molecule has 0 spiro atoms. The third-order valence-electron chi connectivity index (χ3n) is 7.23. The topological polar surface area (TPSA) is 110 Å². The number of aromatic nitrogens is 5. The Kier molecular flexibility index (Phi) is 7.20. The average Bonchev–Trinajstić information content (AvgIpc) is 3.42. The van der Waals surface area contributed by atoms with E-state index in [1.807, 2.05) is 69.9 Å². The van der Waals surface area contributed by atoms with Crippen molar-refractivity contribution < 1.29 is 18.7 Å². The standard InChI is InChI=1S/C31H33FN8O3/c1-19-14-21(6-9-25(19)42-22-10-11-40-26(15-22)34-18-36-40)37-29-27-23(33-17-35-29)7-8-24(28(27)32)39-13-12-38(16-20(39)2)30(41)43-31(3,4)5/h6-11,14-15,17-18,20H,12-13,16H2,1-5H3,(H,33,35,37). The van der Waals surface area contributed by atoms with Crippen LogP contribution in [0.5, 0.6) is 11.5 Å². The quantitative estimate of drug-likeness (QED) is 0.262. The number of anilines is 3. The smallest absolute Gasteiger partial charge is 0.410 e. The van der Waals surface area contributed by atoms with Crippen LogP contribution in [-0.4, -0.2) is 66.8 Å². The Morgan fingerprint density at radius 3 is 2.65 bits per heavy atom. The molecule has 6 rings (SSSR count). The van der Waals surface area contributed by atoms with E-state index in [1.165, 1.54) is 12.7 Å². The molecule has 11 nitrogen and oxygen atoms in total. The van der Waals surface area contributed by atoms with Crippen LogP contribution in [-0.2, 0) is 4.74 Å². The number of carbonyl (C=O) groups excluding carboxylic acids is 1. The van der Waals surface area contributed by atoms with E-state index < -0.39 is 11.4 Å². The fraction of sp³-hybridized carbons (Fsp3) is 0.323. The van der Waals surface area contributed by atoms with Crippen LogP contribution in [0, 0.1) is 12.7 Å². The molecule has 1 unspecified atom stereocenters. The molecule has 1 aliphatic rings. The zero-order chi connectivity index (χ0) is 30.3. The molecule has 1 fully saturated rings. The van der Waals surface area contributed by atoms with E-state index in [2.05, 4.69) is 25.4 Å². The van der Waals surface area contributed by atoms with Crippen molar-refractivity contribution in [1.82, 2.24) is 29.5 Å². The number of ether oxygens (including phenoxy) is 2. The molecule has 1 atom stereocenters. The average molecular weight is 585 g/mol. The first-order valence-corrected chi connectivity index (χ1v) is 14.1. The molecule has 0 radical (unpaired) electrons. The minimum atomic E-state index is -0.579. The molecule has 1 amide bonds. The number of nitrogens with zero attached hydrogens (tertiary/aromatic N) is 7. The molecule has 1 N–H and O–H groups in total. The number of benzene rings is 2. The number of piperazine rings is 1. The maximum Gasteiger partial charge on any atom is 0.410 e. The van der Waals surface area contributed by atoms with Crippen LogP contribution < -0.4 is 15.0 Å². The highest BCUT2D eigenvalue weighted by Gasteiger charge is 2.31. The second-order valence-electron chi connectivity index (χ2n) is 11.6. The van der Waals surface area contributed by atoms with Crippen molar-refractivity contribution in [2.24, 2.45) is 0 Å². The lowest BCUT2D eigenvalue weighted by Crippen LogP contribution is -2.54. The molecule has 1 saturated heterocycles. The number of rotatable bonds is 5. The summed E-state index contributed by atoms with van der Waals surface area (Å²) in [6.45, 7) is 10.7. The molecule has 3 aromatic heterocycles. The highest BCUT2D eigenvalue weighted by Crippen LogP contribution is 2.35. The van der Waals surface area contributed by atoms with Crippen LogP contribution in [0.25, 0.3) is 16.6 Å². The molecule has 1 aliphatic heterocycles. The van der Waals surface area contributed by atoms with Crippen LogP contribution in [0.2, 0.25) is 0 Å². The molecule has 12 heteroatoms. The third kappa shape index (κ3) is 5.85. The summed E-state index contributed by atoms with van der Waals surface area (Å²) in [6.07, 6.45) is 4.33. The number of halogens is 1. The largest absolute Gasteiger partial charge is 0.457 e. The van der Waals surface area contributed by atoms with Gasteiger partial charge in [0, 0.05) is 43.6 Å². The Morgan fingerprint density at radius 1 is 1.05 bits per heavy atom. The number of hydrogen-bond acceptors (Lipinski definition) is 9. The highest BCUT2D eigenvalue weighted by molar-refractivity contribution is 5.94. The van der Waals surface area contributed by atoms with Crippen LogP contribution >= 0.6 is 0 Å². The van der Waals surface area contributed by atoms with E-state index in [9.17, 15) is 4.79 Å². The molecule has 0 bridgehead atoms. The summed E-state index contributed by atoms with van der Waals surface area (Å²) >= 11 is 0. The van der Waals surface area contributed by atoms with E-state index in [1.54, 1.807) is 27.7 Å². The number of hydrogen-bond donors (Lipinski definition) is 1. The van der Waals surface area contributed by atoms with Crippen molar-refractivity contribution in [2.45, 2.75) is 46.3 Å². The molecule has 0 saturated carbocycles. The Hall–Kier alpha value is -5.00. The van der Waals surface area contributed by atoms with Gasteiger partial charge in [0.25, 0.3) is 0 Å². The normalized spacial score (nSPS) is 15.6. The number of aryl methyl sites for hydroxylation is 1. The minimum Gasteiger partial charge on any atom is -0.457 e. The van der Waals surface area contributed by atoms with E-state index in [4.69, 9.17) is 9.47 Å². The number of amides is 1. The number of nitrogens with one attached hydrogen (secondary N) is 1. The van der Waals surface area contributed by atoms with Crippen molar-refractivity contribution in [3.05, 3.63) is 72.7 Å². The number of fused-ring (bicyclic) bond motifs is 2. The monoisotopic (exact) mass is 584 g/mol. The van der Waals surface area contributed by atoms with E-state index in [0.29, 0.717) is 59.2 Å². The van der Waals surface area contributed by atoms with Gasteiger partial charge in [-0.2, -0.15) is 5.10 Å². The summed E-state index contributed by atoms with van der Waals surface area (Å²) in [5.41, 5.74) is 2.63. The fourth-order valence-corrected chi connectivity index (χ4v) is 5.19. The summed E-state index contributed by atoms with van der Waals surface area (Å²) < 4.78 is 29.5. The van der Waals surface area contributed by atoms with Gasteiger partial charge >= 0.3 is 6.09 Å². The summed E-state index contributed by atoms with van der Waals surface area (Å²) in [5, 5.41) is 7.66. The lowest BCUT2D eigenvalue weighted by molar-refractivity contribution is 0.0218. The first kappa shape index (κ1) is 28.1. The second kappa shape index (κ2) is 11.0. The summed E-state index contributed by atoms with van der Waals surface area (Å²) in [4.78, 5) is 29.1. The molecular weight excluding hydrogens is 551 g/mol. The Bertz CT molecular complexity index is 1820. The molecule has 43 heavy (non-hydrogen) atoms. The molecule has 5 aromatic rings. The van der Waals surface area contributed by atoms with Crippen LogP contribution in [0.1, 0.15) is 33.3 Å². The molecule has 0 aliphatic carbocycles. The summed E-state index contributed by atoms with van der Waals surface area (Å²) in [5.74, 6) is 1.25. The predicted octanol–water partition coefficient (Wildman–Crippen LogP) is 6.10. The molecule has 2 aromatic carbocycles. The van der Waals surface area contributed by atoms with E-state index in [-0.39, 0.29) is 12.1 Å². The molecule has 222 valence electrons. The zero-order valence-corrected chi connectivity index (χ0v) is 24.7. The summed E-state index contributed by atoms with van der Waals surface area (Å²) in [7, 11) is 0. The first-order chi connectivity index (χ1) is 20.6. The Balaban J connectivity index is 1.22. The van der Waals surface area contributed by atoms with Crippen molar-refractivity contribution in [3.63, 3.8) is 0 Å². The van der Waals surface area contributed by atoms with E-state index in [0.717, 1.165) is 11.3 Å². The van der Waals surface area contributed by atoms with Crippen molar-refractivity contribution >= 4 is 39.8 Å². The molecule has 4 heterocycles. The van der Waals surface area contributed by atoms with Gasteiger partial charge in [-0.3, -0.25) is 0 Å². The van der Waals surface area contributed by atoms with Gasteiger partial charge in [-0.05, 0) is 76.6 Å². The summed E-state index contributed by atoms with van der Waals surface area (Å²) in [6, 6.07) is 12.6. The first-order valence-electron chi connectivity index (χ1n) is 14.1. The van der Waals surface area contributed by atoms with Gasteiger partial charge < -0.3 is 24.6 Å². The number of carbonyl (C=O) groups is 1. The molecular formula is C31H33FN8O3. The number of pyridine rings is 1. The second-order valence-corrected chi connectivity index (χ2v) is 11.6. The minimum absolute atomic E-state index is 0.130. The Morgan fingerprint density at radius 2 is 1.88 bits per heavy atom. The van der Waals surface area contributed by atoms with Crippen molar-refractivity contribution in [3.8, 4) is 11.5 Å². The van der Waals surface area contributed by atoms with Gasteiger partial charge in [0.1, 0.15) is 35.6 Å². The zero-order valence-electron chi connectivity index (χ0n) is 24.7. The van der Waals surface area contributed by atoms with Crippen LogP contribution in [0.15, 0.2) is 61.3 Å². The fourth-order valence-electron chi connectivity index (χ4n) is 5.19. The van der Waals surface area contributed by atoms with Crippen molar-refractivity contribution in [1.29, 1.82) is 0 Å². The van der Waals surface area contributed by atoms with Crippen molar-refractivity contribution in [2.75, 3.05) is 29.9 Å². The van der Waals surface area contributed by atoms with Gasteiger partial charge in [0.05, 0.1) is 16.6 Å². The lowest BCUT2D eigenvalue weighted by atomic mass is 10.1. The predicted molar refractivity (Wildman–Crippen MR) is 162 cm³/mol. The van der Waals surface area contributed by atoms with Gasteiger partial charge in [-0.15, -0.1) is 0 Å². The van der Waals surface area contributed by atoms with E-state index >= 15 is 4.39 Å². The maximum atomic E-state index is 16.2. The highest BCUT2D eigenvalue weighted by atomic mass is 19.1.